The summed E-state index contributed by atoms with van der Waals surface area (Å²) < 4.78 is 0. The van der Waals surface area contributed by atoms with Crippen LogP contribution in [0, 0.1) is 0 Å². The molecule has 148 valence electrons. The molecule has 0 aliphatic carbocycles. The minimum absolute atomic E-state index is 0.00552. The summed E-state index contributed by atoms with van der Waals surface area (Å²) >= 11 is 11.9. The molecule has 2 aromatic rings. The van der Waals surface area contributed by atoms with E-state index in [0.29, 0.717) is 26.9 Å². The molecule has 28 heavy (non-hydrogen) atoms. The predicted molar refractivity (Wildman–Crippen MR) is 115 cm³/mol. The molecule has 1 saturated heterocycles. The molecule has 0 unspecified atom stereocenters. The summed E-state index contributed by atoms with van der Waals surface area (Å²) in [5.74, 6) is -0.318. The quantitative estimate of drug-likeness (QED) is 0.763. The third-order valence-corrected chi connectivity index (χ3v) is 5.53. The summed E-state index contributed by atoms with van der Waals surface area (Å²) in [5.41, 5.74) is 2.36. The van der Waals surface area contributed by atoms with E-state index < -0.39 is 0 Å². The van der Waals surface area contributed by atoms with Crippen molar-refractivity contribution in [3.05, 3.63) is 57.6 Å². The van der Waals surface area contributed by atoms with E-state index in [1.54, 1.807) is 24.3 Å². The van der Waals surface area contributed by atoms with Gasteiger partial charge in [0.1, 0.15) is 0 Å². The van der Waals surface area contributed by atoms with Crippen molar-refractivity contribution in [1.82, 2.24) is 4.90 Å². The van der Waals surface area contributed by atoms with Crippen LogP contribution in [0.4, 0.5) is 11.4 Å². The first-order valence-electron chi connectivity index (χ1n) is 9.24. The van der Waals surface area contributed by atoms with Crippen LogP contribution in [0.5, 0.6) is 0 Å². The first kappa shape index (κ1) is 20.5. The topological polar surface area (TPSA) is 52.7 Å². The third kappa shape index (κ3) is 4.59. The number of rotatable bonds is 4. The molecule has 0 radical (unpaired) electrons. The van der Waals surface area contributed by atoms with Crippen LogP contribution < -0.4 is 10.2 Å². The van der Waals surface area contributed by atoms with E-state index in [0.717, 1.165) is 38.0 Å². The van der Waals surface area contributed by atoms with Gasteiger partial charge in [-0.2, -0.15) is 0 Å². The second-order valence-electron chi connectivity index (χ2n) is 7.06. The number of carbonyl (C=O) groups is 2. The molecule has 3 rings (SSSR count). The molecule has 1 aliphatic heterocycles. The second kappa shape index (κ2) is 8.84. The Hall–Kier alpha value is -2.24. The van der Waals surface area contributed by atoms with Crippen LogP contribution in [-0.2, 0) is 0 Å². The van der Waals surface area contributed by atoms with Crippen LogP contribution in [0.2, 0.25) is 10.0 Å². The molecule has 5 nitrogen and oxygen atoms in total. The predicted octanol–water partition coefficient (Wildman–Crippen LogP) is 4.94. The van der Waals surface area contributed by atoms with Crippen LogP contribution >= 0.6 is 23.2 Å². The number of benzene rings is 2. The zero-order valence-electron chi connectivity index (χ0n) is 16.0. The van der Waals surface area contributed by atoms with Gasteiger partial charge in [0.05, 0.1) is 15.6 Å². The zero-order valence-corrected chi connectivity index (χ0v) is 17.5. The molecule has 1 heterocycles. The molecule has 1 N–H and O–H groups in total. The number of halogens is 2. The molecule has 0 saturated carbocycles. The van der Waals surface area contributed by atoms with Gasteiger partial charge in [-0.15, -0.1) is 0 Å². The van der Waals surface area contributed by atoms with Crippen LogP contribution in [0.3, 0.4) is 0 Å². The Morgan fingerprint density at radius 3 is 2.32 bits per heavy atom. The van der Waals surface area contributed by atoms with E-state index in [4.69, 9.17) is 23.2 Å². The van der Waals surface area contributed by atoms with Crippen LogP contribution in [0.15, 0.2) is 36.4 Å². The fraction of sp³-hybridized carbons (Fsp3) is 0.333. The maximum absolute atomic E-state index is 13.1. The fourth-order valence-electron chi connectivity index (χ4n) is 3.28. The molecule has 2 amide bonds. The third-order valence-electron chi connectivity index (χ3n) is 4.79. The van der Waals surface area contributed by atoms with Crippen molar-refractivity contribution >= 4 is 46.4 Å². The minimum atomic E-state index is -0.312. The number of amides is 2. The normalized spacial score (nSPS) is 13.9. The molecule has 0 aromatic heterocycles. The fourth-order valence-corrected chi connectivity index (χ4v) is 3.58. The van der Waals surface area contributed by atoms with Crippen molar-refractivity contribution in [2.75, 3.05) is 37.4 Å². The van der Waals surface area contributed by atoms with Gasteiger partial charge in [-0.3, -0.25) is 9.59 Å². The highest BCUT2D eigenvalue weighted by atomic mass is 35.5. The minimum Gasteiger partial charge on any atom is -0.377 e. The standard InChI is InChI=1S/C21H23Cl2N3O2/c1-25(2)19-9-7-15(13-16(19)21(28)26-10-4-3-5-11-26)24-20(27)14-6-8-17(22)18(23)12-14/h6-9,12-13H,3-5,10-11H2,1-2H3,(H,24,27). The summed E-state index contributed by atoms with van der Waals surface area (Å²) in [6.07, 6.45) is 3.21. The van der Waals surface area contributed by atoms with Gasteiger partial charge in [0, 0.05) is 44.1 Å². The van der Waals surface area contributed by atoms with Gasteiger partial charge in [0.25, 0.3) is 11.8 Å². The molecule has 2 aromatic carbocycles. The van der Waals surface area contributed by atoms with Crippen molar-refractivity contribution in [3.8, 4) is 0 Å². The highest BCUT2D eigenvalue weighted by Crippen LogP contribution is 2.27. The zero-order chi connectivity index (χ0) is 20.3. The highest BCUT2D eigenvalue weighted by molar-refractivity contribution is 6.42. The Labute approximate surface area is 175 Å². The number of hydrogen-bond donors (Lipinski definition) is 1. The number of carbonyl (C=O) groups excluding carboxylic acids is 2. The van der Waals surface area contributed by atoms with E-state index in [1.807, 2.05) is 30.0 Å². The number of anilines is 2. The molecular formula is C21H23Cl2N3O2. The Morgan fingerprint density at radius 2 is 1.68 bits per heavy atom. The summed E-state index contributed by atoms with van der Waals surface area (Å²) in [7, 11) is 3.80. The first-order chi connectivity index (χ1) is 13.4. The highest BCUT2D eigenvalue weighted by Gasteiger charge is 2.22. The second-order valence-corrected chi connectivity index (χ2v) is 7.88. The lowest BCUT2D eigenvalue weighted by molar-refractivity contribution is 0.0724. The molecule has 7 heteroatoms. The van der Waals surface area contributed by atoms with Gasteiger partial charge in [0.2, 0.25) is 0 Å². The Bertz CT molecular complexity index is 893. The number of likely N-dealkylation sites (tertiary alicyclic amines) is 1. The lowest BCUT2D eigenvalue weighted by atomic mass is 10.1. The first-order valence-corrected chi connectivity index (χ1v) is 9.99. The van der Waals surface area contributed by atoms with Crippen molar-refractivity contribution in [2.24, 2.45) is 0 Å². The Balaban J connectivity index is 1.86. The smallest absolute Gasteiger partial charge is 0.256 e. The number of nitrogens with one attached hydrogen (secondary N) is 1. The van der Waals surface area contributed by atoms with E-state index in [2.05, 4.69) is 5.32 Å². The Kier molecular flexibility index (Phi) is 6.47. The van der Waals surface area contributed by atoms with E-state index in [-0.39, 0.29) is 11.8 Å². The number of nitrogens with zero attached hydrogens (tertiary/aromatic N) is 2. The van der Waals surface area contributed by atoms with Gasteiger partial charge >= 0.3 is 0 Å². The van der Waals surface area contributed by atoms with Gasteiger partial charge < -0.3 is 15.1 Å². The summed E-state index contributed by atoms with van der Waals surface area (Å²) in [6, 6.07) is 10.1. The maximum atomic E-state index is 13.1. The van der Waals surface area contributed by atoms with Gasteiger partial charge in [-0.05, 0) is 55.7 Å². The number of hydrogen-bond acceptors (Lipinski definition) is 3. The molecule has 0 atom stereocenters. The molecule has 1 fully saturated rings. The lowest BCUT2D eigenvalue weighted by Crippen LogP contribution is -2.36. The Morgan fingerprint density at radius 1 is 0.964 bits per heavy atom. The van der Waals surface area contributed by atoms with Crippen LogP contribution in [0.1, 0.15) is 40.0 Å². The number of piperidine rings is 1. The average molecular weight is 420 g/mol. The summed E-state index contributed by atoms with van der Waals surface area (Å²) in [5, 5.41) is 3.55. The lowest BCUT2D eigenvalue weighted by Gasteiger charge is -2.28. The van der Waals surface area contributed by atoms with E-state index >= 15 is 0 Å². The molecule has 0 spiro atoms. The van der Waals surface area contributed by atoms with Crippen molar-refractivity contribution in [3.63, 3.8) is 0 Å². The molecule has 0 bridgehead atoms. The summed E-state index contributed by atoms with van der Waals surface area (Å²) in [4.78, 5) is 29.4. The SMILES string of the molecule is CN(C)c1ccc(NC(=O)c2ccc(Cl)c(Cl)c2)cc1C(=O)N1CCCCC1. The molecule has 1 aliphatic rings. The van der Waals surface area contributed by atoms with E-state index in [1.165, 1.54) is 6.07 Å². The van der Waals surface area contributed by atoms with Crippen molar-refractivity contribution in [1.29, 1.82) is 0 Å². The monoisotopic (exact) mass is 419 g/mol. The van der Waals surface area contributed by atoms with Gasteiger partial charge in [-0.1, -0.05) is 23.2 Å². The maximum Gasteiger partial charge on any atom is 0.256 e. The largest absolute Gasteiger partial charge is 0.377 e. The van der Waals surface area contributed by atoms with Gasteiger partial charge in [0.15, 0.2) is 0 Å². The summed E-state index contributed by atoms with van der Waals surface area (Å²) in [6.45, 7) is 1.54. The van der Waals surface area contributed by atoms with E-state index in [9.17, 15) is 9.59 Å². The van der Waals surface area contributed by atoms with Crippen molar-refractivity contribution in [2.45, 2.75) is 19.3 Å². The van der Waals surface area contributed by atoms with Crippen LogP contribution in [0.25, 0.3) is 0 Å². The van der Waals surface area contributed by atoms with Crippen LogP contribution in [-0.4, -0.2) is 43.9 Å². The molecular weight excluding hydrogens is 397 g/mol. The van der Waals surface area contributed by atoms with Gasteiger partial charge in [-0.25, -0.2) is 0 Å². The van der Waals surface area contributed by atoms with Crippen molar-refractivity contribution < 1.29 is 9.59 Å². The average Bonchev–Trinajstić information content (AvgIpc) is 2.69.